The van der Waals surface area contributed by atoms with E-state index in [9.17, 15) is 0 Å². The molecule has 2 aromatic rings. The van der Waals surface area contributed by atoms with Gasteiger partial charge < -0.3 is 5.73 Å². The molecule has 0 spiro atoms. The Morgan fingerprint density at radius 1 is 1.21 bits per heavy atom. The molecule has 0 aromatic carbocycles. The molecule has 0 aliphatic rings. The molecule has 2 heterocycles. The van der Waals surface area contributed by atoms with Crippen LogP contribution in [0.3, 0.4) is 0 Å². The standard InChI is InChI=1S/C15H22N4/c1-5-6-14-7-13(9-16)8-15(17-14)19-12(4)10(2)11(3)18-19/h7-8H,5-6,9,16H2,1-4H3. The fourth-order valence-corrected chi connectivity index (χ4v) is 2.19. The summed E-state index contributed by atoms with van der Waals surface area (Å²) in [5, 5.41) is 4.57. The van der Waals surface area contributed by atoms with Gasteiger partial charge in [0.1, 0.15) is 0 Å². The SMILES string of the molecule is CCCc1cc(CN)cc(-n2nc(C)c(C)c2C)n1. The Hall–Kier alpha value is -1.68. The van der Waals surface area contributed by atoms with Crippen molar-refractivity contribution in [1.29, 1.82) is 0 Å². The summed E-state index contributed by atoms with van der Waals surface area (Å²) in [5.41, 5.74) is 11.4. The number of nitrogens with two attached hydrogens (primary N) is 1. The van der Waals surface area contributed by atoms with E-state index >= 15 is 0 Å². The number of hydrogen-bond donors (Lipinski definition) is 1. The van der Waals surface area contributed by atoms with Crippen LogP contribution in [0.15, 0.2) is 12.1 Å². The summed E-state index contributed by atoms with van der Waals surface area (Å²) in [6.07, 6.45) is 2.05. The predicted octanol–water partition coefficient (Wildman–Crippen LogP) is 2.60. The second-order valence-electron chi connectivity index (χ2n) is 4.99. The van der Waals surface area contributed by atoms with Crippen molar-refractivity contribution in [1.82, 2.24) is 14.8 Å². The van der Waals surface area contributed by atoms with Gasteiger partial charge in [0, 0.05) is 17.9 Å². The second-order valence-corrected chi connectivity index (χ2v) is 4.99. The van der Waals surface area contributed by atoms with Crippen LogP contribution in [0.2, 0.25) is 0 Å². The van der Waals surface area contributed by atoms with Gasteiger partial charge >= 0.3 is 0 Å². The van der Waals surface area contributed by atoms with Crippen LogP contribution >= 0.6 is 0 Å². The first-order valence-electron chi connectivity index (χ1n) is 6.80. The van der Waals surface area contributed by atoms with Gasteiger partial charge in [-0.05, 0) is 50.5 Å². The van der Waals surface area contributed by atoms with E-state index in [2.05, 4.69) is 31.9 Å². The first-order chi connectivity index (χ1) is 9.06. The fraction of sp³-hybridized carbons (Fsp3) is 0.467. The second kappa shape index (κ2) is 5.53. The molecule has 4 heteroatoms. The first-order valence-corrected chi connectivity index (χ1v) is 6.80. The molecule has 0 fully saturated rings. The van der Waals surface area contributed by atoms with Gasteiger partial charge in [0.15, 0.2) is 5.82 Å². The number of aryl methyl sites for hydroxylation is 2. The lowest BCUT2D eigenvalue weighted by molar-refractivity contribution is 0.780. The Morgan fingerprint density at radius 2 is 1.95 bits per heavy atom. The smallest absolute Gasteiger partial charge is 0.154 e. The van der Waals surface area contributed by atoms with Crippen molar-refractivity contribution in [2.24, 2.45) is 5.73 Å². The number of pyridine rings is 1. The molecule has 0 saturated carbocycles. The molecule has 0 unspecified atom stereocenters. The van der Waals surface area contributed by atoms with E-state index in [4.69, 9.17) is 10.7 Å². The summed E-state index contributed by atoms with van der Waals surface area (Å²) in [5.74, 6) is 0.875. The van der Waals surface area contributed by atoms with E-state index in [0.29, 0.717) is 6.54 Å². The van der Waals surface area contributed by atoms with Crippen LogP contribution in [0.5, 0.6) is 0 Å². The summed E-state index contributed by atoms with van der Waals surface area (Å²) < 4.78 is 1.92. The number of nitrogens with zero attached hydrogens (tertiary/aromatic N) is 3. The zero-order valence-electron chi connectivity index (χ0n) is 12.2. The van der Waals surface area contributed by atoms with Gasteiger partial charge in [-0.2, -0.15) is 5.10 Å². The summed E-state index contributed by atoms with van der Waals surface area (Å²) in [4.78, 5) is 4.70. The lowest BCUT2D eigenvalue weighted by Crippen LogP contribution is -2.07. The Bertz CT molecular complexity index is 584. The van der Waals surface area contributed by atoms with E-state index in [-0.39, 0.29) is 0 Å². The molecule has 2 aromatic heterocycles. The van der Waals surface area contributed by atoms with Gasteiger partial charge in [0.05, 0.1) is 5.69 Å². The molecule has 0 saturated heterocycles. The van der Waals surface area contributed by atoms with Gasteiger partial charge in [-0.15, -0.1) is 0 Å². The third-order valence-corrected chi connectivity index (χ3v) is 3.54. The molecular weight excluding hydrogens is 236 g/mol. The number of hydrogen-bond acceptors (Lipinski definition) is 3. The molecule has 2 N–H and O–H groups in total. The first kappa shape index (κ1) is 13.7. The highest BCUT2D eigenvalue weighted by Gasteiger charge is 2.11. The van der Waals surface area contributed by atoms with Crippen LogP contribution in [-0.2, 0) is 13.0 Å². The van der Waals surface area contributed by atoms with Gasteiger partial charge in [0.2, 0.25) is 0 Å². The van der Waals surface area contributed by atoms with Crippen LogP contribution < -0.4 is 5.73 Å². The molecule has 4 nitrogen and oxygen atoms in total. The van der Waals surface area contributed by atoms with Crippen LogP contribution in [0.1, 0.15) is 41.6 Å². The molecule has 19 heavy (non-hydrogen) atoms. The minimum Gasteiger partial charge on any atom is -0.326 e. The van der Waals surface area contributed by atoms with Crippen molar-refractivity contribution >= 4 is 0 Å². The van der Waals surface area contributed by atoms with E-state index < -0.39 is 0 Å². The highest BCUT2D eigenvalue weighted by Crippen LogP contribution is 2.17. The molecular formula is C15H22N4. The largest absolute Gasteiger partial charge is 0.326 e. The van der Waals surface area contributed by atoms with Crippen LogP contribution in [0.25, 0.3) is 5.82 Å². The van der Waals surface area contributed by atoms with E-state index in [1.165, 1.54) is 5.56 Å². The van der Waals surface area contributed by atoms with E-state index in [0.717, 1.165) is 41.3 Å². The van der Waals surface area contributed by atoms with E-state index in [1.54, 1.807) is 0 Å². The summed E-state index contributed by atoms with van der Waals surface area (Å²) in [6.45, 7) is 8.88. The average molecular weight is 258 g/mol. The molecule has 0 radical (unpaired) electrons. The number of rotatable bonds is 4. The van der Waals surface area contributed by atoms with Crippen molar-refractivity contribution in [3.63, 3.8) is 0 Å². The predicted molar refractivity (Wildman–Crippen MR) is 77.5 cm³/mol. The monoisotopic (exact) mass is 258 g/mol. The summed E-state index contributed by atoms with van der Waals surface area (Å²) in [7, 11) is 0. The third-order valence-electron chi connectivity index (χ3n) is 3.54. The van der Waals surface area contributed by atoms with Crippen LogP contribution in [0.4, 0.5) is 0 Å². The quantitative estimate of drug-likeness (QED) is 0.917. The average Bonchev–Trinajstić information content (AvgIpc) is 2.66. The third kappa shape index (κ3) is 2.68. The van der Waals surface area contributed by atoms with Crippen molar-refractivity contribution in [2.75, 3.05) is 0 Å². The molecule has 0 amide bonds. The minimum atomic E-state index is 0.532. The maximum absolute atomic E-state index is 5.78. The van der Waals surface area contributed by atoms with Gasteiger partial charge in [-0.1, -0.05) is 13.3 Å². The molecule has 0 bridgehead atoms. The Balaban J connectivity index is 2.54. The summed E-state index contributed by atoms with van der Waals surface area (Å²) in [6, 6.07) is 4.11. The van der Waals surface area contributed by atoms with Crippen LogP contribution in [-0.4, -0.2) is 14.8 Å². The zero-order chi connectivity index (χ0) is 14.0. The normalized spacial score (nSPS) is 11.0. The van der Waals surface area contributed by atoms with Crippen LogP contribution in [0, 0.1) is 20.8 Å². The van der Waals surface area contributed by atoms with Crippen molar-refractivity contribution in [3.8, 4) is 5.82 Å². The topological polar surface area (TPSA) is 56.7 Å². The fourth-order valence-electron chi connectivity index (χ4n) is 2.19. The Labute approximate surface area is 114 Å². The minimum absolute atomic E-state index is 0.532. The highest BCUT2D eigenvalue weighted by atomic mass is 15.3. The maximum Gasteiger partial charge on any atom is 0.154 e. The lowest BCUT2D eigenvalue weighted by atomic mass is 10.1. The lowest BCUT2D eigenvalue weighted by Gasteiger charge is -2.09. The summed E-state index contributed by atoms with van der Waals surface area (Å²) >= 11 is 0. The molecule has 2 rings (SSSR count). The Kier molecular flexibility index (Phi) is 4.00. The van der Waals surface area contributed by atoms with Gasteiger partial charge in [0.25, 0.3) is 0 Å². The molecule has 0 aliphatic carbocycles. The molecule has 0 aliphatic heterocycles. The number of aromatic nitrogens is 3. The van der Waals surface area contributed by atoms with Gasteiger partial charge in [-0.25, -0.2) is 9.67 Å². The highest BCUT2D eigenvalue weighted by molar-refractivity contribution is 5.35. The van der Waals surface area contributed by atoms with Crippen molar-refractivity contribution in [3.05, 3.63) is 40.3 Å². The van der Waals surface area contributed by atoms with Crippen molar-refractivity contribution < 1.29 is 0 Å². The maximum atomic E-state index is 5.78. The zero-order valence-corrected chi connectivity index (χ0v) is 12.2. The Morgan fingerprint density at radius 3 is 2.47 bits per heavy atom. The van der Waals surface area contributed by atoms with Gasteiger partial charge in [-0.3, -0.25) is 0 Å². The molecule has 0 atom stereocenters. The van der Waals surface area contributed by atoms with Crippen molar-refractivity contribution in [2.45, 2.75) is 47.1 Å². The molecule has 102 valence electrons. The van der Waals surface area contributed by atoms with E-state index in [1.807, 2.05) is 17.7 Å².